The van der Waals surface area contributed by atoms with Gasteiger partial charge in [0.15, 0.2) is 0 Å². The summed E-state index contributed by atoms with van der Waals surface area (Å²) in [5.74, 6) is 2.26. The first-order chi connectivity index (χ1) is 7.56. The SMILES string of the molecule is CC1CC(C)CC(C(N)c2cnn(C)c2)C1. The van der Waals surface area contributed by atoms with E-state index in [0.29, 0.717) is 5.92 Å². The maximum atomic E-state index is 6.35. The van der Waals surface area contributed by atoms with E-state index in [1.165, 1.54) is 24.8 Å². The van der Waals surface area contributed by atoms with E-state index in [9.17, 15) is 0 Å². The van der Waals surface area contributed by atoms with Gasteiger partial charge in [-0.2, -0.15) is 5.10 Å². The van der Waals surface area contributed by atoms with Crippen LogP contribution in [0.3, 0.4) is 0 Å². The van der Waals surface area contributed by atoms with Crippen LogP contribution in [0.15, 0.2) is 12.4 Å². The molecule has 3 nitrogen and oxygen atoms in total. The van der Waals surface area contributed by atoms with Gasteiger partial charge in [-0.3, -0.25) is 4.68 Å². The average molecular weight is 221 g/mol. The van der Waals surface area contributed by atoms with Crippen molar-refractivity contribution in [1.82, 2.24) is 9.78 Å². The van der Waals surface area contributed by atoms with Gasteiger partial charge in [-0.25, -0.2) is 0 Å². The Morgan fingerprint density at radius 2 is 1.94 bits per heavy atom. The van der Waals surface area contributed by atoms with Gasteiger partial charge >= 0.3 is 0 Å². The average Bonchev–Trinajstić information content (AvgIpc) is 2.62. The zero-order valence-electron chi connectivity index (χ0n) is 10.6. The van der Waals surface area contributed by atoms with Crippen molar-refractivity contribution in [1.29, 1.82) is 0 Å². The second kappa shape index (κ2) is 4.58. The van der Waals surface area contributed by atoms with Crippen LogP contribution in [0.4, 0.5) is 0 Å². The highest BCUT2D eigenvalue weighted by Gasteiger charge is 2.29. The maximum Gasteiger partial charge on any atom is 0.0537 e. The fraction of sp³-hybridized carbons (Fsp3) is 0.769. The van der Waals surface area contributed by atoms with Crippen LogP contribution in [0.5, 0.6) is 0 Å². The predicted molar refractivity (Wildman–Crippen MR) is 65.8 cm³/mol. The molecule has 0 aliphatic heterocycles. The van der Waals surface area contributed by atoms with E-state index in [2.05, 4.69) is 25.1 Å². The summed E-state index contributed by atoms with van der Waals surface area (Å²) in [6.07, 6.45) is 7.85. The zero-order valence-corrected chi connectivity index (χ0v) is 10.6. The van der Waals surface area contributed by atoms with E-state index in [-0.39, 0.29) is 6.04 Å². The monoisotopic (exact) mass is 221 g/mol. The van der Waals surface area contributed by atoms with Crippen LogP contribution in [-0.2, 0) is 7.05 Å². The van der Waals surface area contributed by atoms with Gasteiger partial charge in [-0.15, -0.1) is 0 Å². The van der Waals surface area contributed by atoms with Crippen LogP contribution >= 0.6 is 0 Å². The van der Waals surface area contributed by atoms with Crippen LogP contribution in [0.1, 0.15) is 44.7 Å². The van der Waals surface area contributed by atoms with E-state index in [1.54, 1.807) is 0 Å². The highest BCUT2D eigenvalue weighted by Crippen LogP contribution is 2.38. The second-order valence-electron chi connectivity index (χ2n) is 5.65. The van der Waals surface area contributed by atoms with E-state index in [1.807, 2.05) is 17.9 Å². The number of nitrogens with two attached hydrogens (primary N) is 1. The Kier molecular flexibility index (Phi) is 3.33. The van der Waals surface area contributed by atoms with Crippen molar-refractivity contribution in [2.45, 2.75) is 39.2 Å². The number of aryl methyl sites for hydroxylation is 1. The molecule has 1 fully saturated rings. The third-order valence-corrected chi connectivity index (χ3v) is 3.83. The third kappa shape index (κ3) is 2.46. The fourth-order valence-electron chi connectivity index (χ4n) is 3.19. The lowest BCUT2D eigenvalue weighted by Crippen LogP contribution is -2.29. The number of aromatic nitrogens is 2. The molecule has 2 rings (SSSR count). The molecular weight excluding hydrogens is 198 g/mol. The van der Waals surface area contributed by atoms with E-state index in [0.717, 1.165) is 11.8 Å². The largest absolute Gasteiger partial charge is 0.324 e. The first kappa shape index (κ1) is 11.6. The van der Waals surface area contributed by atoms with Crippen molar-refractivity contribution in [3.8, 4) is 0 Å². The molecule has 1 saturated carbocycles. The van der Waals surface area contributed by atoms with Crippen LogP contribution < -0.4 is 5.73 Å². The predicted octanol–water partition coefficient (Wildman–Crippen LogP) is 2.49. The summed E-state index contributed by atoms with van der Waals surface area (Å²) in [6, 6.07) is 0.166. The number of nitrogens with zero attached hydrogens (tertiary/aromatic N) is 2. The molecule has 1 aliphatic carbocycles. The molecule has 0 radical (unpaired) electrons. The van der Waals surface area contributed by atoms with Crippen molar-refractivity contribution in [2.24, 2.45) is 30.5 Å². The third-order valence-electron chi connectivity index (χ3n) is 3.83. The molecule has 3 atom stereocenters. The number of rotatable bonds is 2. The van der Waals surface area contributed by atoms with Crippen LogP contribution in [0.2, 0.25) is 0 Å². The Morgan fingerprint density at radius 3 is 2.44 bits per heavy atom. The molecule has 3 heteroatoms. The highest BCUT2D eigenvalue weighted by atomic mass is 15.2. The Morgan fingerprint density at radius 1 is 1.31 bits per heavy atom. The molecule has 0 aromatic carbocycles. The lowest BCUT2D eigenvalue weighted by Gasteiger charge is -2.34. The lowest BCUT2D eigenvalue weighted by molar-refractivity contribution is 0.193. The standard InChI is InChI=1S/C13H23N3/c1-9-4-10(2)6-11(5-9)13(14)12-7-15-16(3)8-12/h7-11,13H,4-6,14H2,1-3H3. The molecule has 90 valence electrons. The molecule has 0 spiro atoms. The van der Waals surface area contributed by atoms with Crippen LogP contribution in [0, 0.1) is 17.8 Å². The molecule has 1 aliphatic rings. The van der Waals surface area contributed by atoms with Gasteiger partial charge in [0, 0.05) is 24.8 Å². The quantitative estimate of drug-likeness (QED) is 0.834. The normalized spacial score (nSPS) is 32.6. The summed E-state index contributed by atoms with van der Waals surface area (Å²) in [5, 5.41) is 4.21. The molecule has 1 heterocycles. The Bertz CT molecular complexity index is 335. The molecule has 2 N–H and O–H groups in total. The van der Waals surface area contributed by atoms with Crippen LogP contribution in [-0.4, -0.2) is 9.78 Å². The van der Waals surface area contributed by atoms with E-state index in [4.69, 9.17) is 5.73 Å². The summed E-state index contributed by atoms with van der Waals surface area (Å²) in [6.45, 7) is 4.69. The fourth-order valence-corrected chi connectivity index (χ4v) is 3.19. The summed E-state index contributed by atoms with van der Waals surface area (Å²) in [4.78, 5) is 0. The van der Waals surface area contributed by atoms with E-state index < -0.39 is 0 Å². The first-order valence-electron chi connectivity index (χ1n) is 6.30. The van der Waals surface area contributed by atoms with Gasteiger partial charge < -0.3 is 5.73 Å². The van der Waals surface area contributed by atoms with Crippen molar-refractivity contribution < 1.29 is 0 Å². The lowest BCUT2D eigenvalue weighted by atomic mass is 9.73. The summed E-state index contributed by atoms with van der Waals surface area (Å²) < 4.78 is 1.84. The molecule has 1 aromatic rings. The number of hydrogen-bond donors (Lipinski definition) is 1. The van der Waals surface area contributed by atoms with Gasteiger partial charge in [-0.05, 0) is 37.0 Å². The first-order valence-corrected chi connectivity index (χ1v) is 6.30. The minimum Gasteiger partial charge on any atom is -0.324 e. The minimum atomic E-state index is 0.166. The second-order valence-corrected chi connectivity index (χ2v) is 5.65. The zero-order chi connectivity index (χ0) is 11.7. The Labute approximate surface area is 98.0 Å². The van der Waals surface area contributed by atoms with Crippen molar-refractivity contribution >= 4 is 0 Å². The van der Waals surface area contributed by atoms with Crippen molar-refractivity contribution in [3.05, 3.63) is 18.0 Å². The summed E-state index contributed by atoms with van der Waals surface area (Å²) in [7, 11) is 1.95. The molecule has 1 aromatic heterocycles. The van der Waals surface area contributed by atoms with Gasteiger partial charge in [0.1, 0.15) is 0 Å². The molecule has 16 heavy (non-hydrogen) atoms. The van der Waals surface area contributed by atoms with Crippen molar-refractivity contribution in [3.63, 3.8) is 0 Å². The van der Waals surface area contributed by atoms with Crippen molar-refractivity contribution in [2.75, 3.05) is 0 Å². The Balaban J connectivity index is 2.06. The molecule has 0 bridgehead atoms. The smallest absolute Gasteiger partial charge is 0.0537 e. The number of hydrogen-bond acceptors (Lipinski definition) is 2. The topological polar surface area (TPSA) is 43.8 Å². The summed E-state index contributed by atoms with van der Waals surface area (Å²) >= 11 is 0. The Hall–Kier alpha value is -0.830. The minimum absolute atomic E-state index is 0.166. The molecular formula is C13H23N3. The van der Waals surface area contributed by atoms with Gasteiger partial charge in [-0.1, -0.05) is 13.8 Å². The van der Waals surface area contributed by atoms with Gasteiger partial charge in [0.2, 0.25) is 0 Å². The van der Waals surface area contributed by atoms with Gasteiger partial charge in [0.05, 0.1) is 6.20 Å². The highest BCUT2D eigenvalue weighted by molar-refractivity contribution is 5.11. The van der Waals surface area contributed by atoms with Gasteiger partial charge in [0.25, 0.3) is 0 Å². The summed E-state index contributed by atoms with van der Waals surface area (Å²) in [5.41, 5.74) is 7.54. The van der Waals surface area contributed by atoms with Crippen LogP contribution in [0.25, 0.3) is 0 Å². The molecule has 0 saturated heterocycles. The maximum absolute atomic E-state index is 6.35. The van der Waals surface area contributed by atoms with E-state index >= 15 is 0 Å². The molecule has 0 amide bonds. The molecule has 3 unspecified atom stereocenters.